The van der Waals surface area contributed by atoms with Crippen molar-refractivity contribution in [3.8, 4) is 16.8 Å². The van der Waals surface area contributed by atoms with Gasteiger partial charge in [0.1, 0.15) is 5.58 Å². The molecule has 0 N–H and O–H groups in total. The molecule has 1 aliphatic heterocycles. The number of hydrogen-bond acceptors (Lipinski definition) is 3. The largest absolute Gasteiger partial charge is 0.454 e. The lowest BCUT2D eigenvalue weighted by Crippen LogP contribution is -2.17. The van der Waals surface area contributed by atoms with Crippen molar-refractivity contribution in [1.29, 1.82) is 0 Å². The fourth-order valence-corrected chi connectivity index (χ4v) is 7.63. The molecule has 0 aliphatic carbocycles. The number of aromatic nitrogens is 1. The average molecular weight is 642 g/mol. The van der Waals surface area contributed by atoms with Crippen molar-refractivity contribution >= 4 is 55.3 Å². The van der Waals surface area contributed by atoms with Crippen molar-refractivity contribution in [2.75, 3.05) is 0 Å². The first kappa shape index (κ1) is 28.5. The van der Waals surface area contributed by atoms with E-state index in [4.69, 9.17) is 14.4 Å². The van der Waals surface area contributed by atoms with Crippen molar-refractivity contribution in [2.24, 2.45) is 9.98 Å². The predicted octanol–water partition coefficient (Wildman–Crippen LogP) is 11.7. The summed E-state index contributed by atoms with van der Waals surface area (Å²) in [5.41, 5.74) is 11.7. The highest BCUT2D eigenvalue weighted by Crippen LogP contribution is 2.41. The molecule has 10 rings (SSSR count). The van der Waals surface area contributed by atoms with Crippen molar-refractivity contribution in [2.45, 2.75) is 12.5 Å². The molecule has 3 heterocycles. The molecule has 1 unspecified atom stereocenters. The molecular weight excluding hydrogens is 611 g/mol. The van der Waals surface area contributed by atoms with E-state index in [0.717, 1.165) is 61.3 Å². The number of rotatable bonds is 5. The zero-order chi connectivity index (χ0) is 33.0. The summed E-state index contributed by atoms with van der Waals surface area (Å²) in [6.45, 7) is 0. The van der Waals surface area contributed by atoms with Gasteiger partial charge in [-0.1, -0.05) is 140 Å². The lowest BCUT2D eigenvalue weighted by Gasteiger charge is -2.21. The molecular formula is C46H31N3O. The number of hydrogen-bond donors (Lipinski definition) is 0. The molecule has 1 aliphatic rings. The van der Waals surface area contributed by atoms with E-state index in [2.05, 4.69) is 156 Å². The van der Waals surface area contributed by atoms with Gasteiger partial charge in [0.25, 0.3) is 0 Å². The Morgan fingerprint density at radius 1 is 0.540 bits per heavy atom. The van der Waals surface area contributed by atoms with Gasteiger partial charge < -0.3 is 8.98 Å². The molecule has 4 nitrogen and oxygen atoms in total. The number of amidine groups is 1. The SMILES string of the molecule is c1ccc(C2=NC(c3ccccc3)CC(c3cccc4oc5c(-n6c7ccccc7c7cc(-c8ccccc8)ccc76)cccc5c34)=N2)cc1. The molecule has 0 fully saturated rings. The summed E-state index contributed by atoms with van der Waals surface area (Å²) in [6.07, 6.45) is 0.697. The van der Waals surface area contributed by atoms with E-state index in [1.807, 2.05) is 18.2 Å². The van der Waals surface area contributed by atoms with Gasteiger partial charge in [-0.25, -0.2) is 4.99 Å². The van der Waals surface area contributed by atoms with E-state index in [1.165, 1.54) is 27.5 Å². The molecule has 2 aromatic heterocycles. The fourth-order valence-electron chi connectivity index (χ4n) is 7.63. The van der Waals surface area contributed by atoms with E-state index in [1.54, 1.807) is 0 Å². The highest BCUT2D eigenvalue weighted by molar-refractivity contribution is 6.23. The Hall–Kier alpha value is -6.52. The summed E-state index contributed by atoms with van der Waals surface area (Å²) >= 11 is 0. The van der Waals surface area contributed by atoms with E-state index in [0.29, 0.717) is 6.42 Å². The maximum absolute atomic E-state index is 6.85. The lowest BCUT2D eigenvalue weighted by atomic mass is 9.93. The van der Waals surface area contributed by atoms with Crippen molar-refractivity contribution < 1.29 is 4.42 Å². The van der Waals surface area contributed by atoms with Gasteiger partial charge in [-0.2, -0.15) is 0 Å². The molecule has 1 atom stereocenters. The summed E-state index contributed by atoms with van der Waals surface area (Å²) in [4.78, 5) is 10.4. The first-order valence-electron chi connectivity index (χ1n) is 17.1. The maximum atomic E-state index is 6.85. The molecule has 50 heavy (non-hydrogen) atoms. The molecule has 0 spiro atoms. The average Bonchev–Trinajstić information content (AvgIpc) is 3.74. The number of furan rings is 1. The van der Waals surface area contributed by atoms with Crippen LogP contribution in [0.5, 0.6) is 0 Å². The second-order valence-electron chi connectivity index (χ2n) is 12.9. The summed E-state index contributed by atoms with van der Waals surface area (Å²) in [5.74, 6) is 0.756. The van der Waals surface area contributed by atoms with E-state index >= 15 is 0 Å². The van der Waals surface area contributed by atoms with Crippen LogP contribution < -0.4 is 0 Å². The normalized spacial score (nSPS) is 14.8. The maximum Gasteiger partial charge on any atom is 0.159 e. The number of nitrogens with zero attached hydrogens (tertiary/aromatic N) is 3. The van der Waals surface area contributed by atoms with Crippen molar-refractivity contribution in [1.82, 2.24) is 4.57 Å². The van der Waals surface area contributed by atoms with Crippen LogP contribution in [0, 0.1) is 0 Å². The van der Waals surface area contributed by atoms with Crippen LogP contribution in [0.25, 0.3) is 60.6 Å². The zero-order valence-corrected chi connectivity index (χ0v) is 27.2. The topological polar surface area (TPSA) is 42.8 Å². The summed E-state index contributed by atoms with van der Waals surface area (Å²) in [5, 5.41) is 4.58. The van der Waals surface area contributed by atoms with Gasteiger partial charge in [-0.3, -0.25) is 4.99 Å². The van der Waals surface area contributed by atoms with Gasteiger partial charge in [0.2, 0.25) is 0 Å². The van der Waals surface area contributed by atoms with Crippen LogP contribution in [0.1, 0.15) is 29.2 Å². The second kappa shape index (κ2) is 11.6. The standard InChI is InChI=1S/C46H31N3O/c1-4-14-30(15-5-1)33-26-27-41-37(28-33)34-20-10-11-23-40(34)49(41)42-24-12-22-36-44-35(21-13-25-43(44)50-45(36)42)39-29-38(31-16-6-2-7-17-31)47-46(48-39)32-18-8-3-9-19-32/h1-28,38H,29H2. The molecule has 0 amide bonds. The summed E-state index contributed by atoms with van der Waals surface area (Å²) in [7, 11) is 0. The quantitative estimate of drug-likeness (QED) is 0.184. The number of aliphatic imine (C=N–C) groups is 2. The van der Waals surface area contributed by atoms with Gasteiger partial charge in [-0.15, -0.1) is 0 Å². The fraction of sp³-hybridized carbons (Fsp3) is 0.0435. The third kappa shape index (κ3) is 4.61. The third-order valence-electron chi connectivity index (χ3n) is 9.96. The summed E-state index contributed by atoms with van der Waals surface area (Å²) < 4.78 is 9.20. The van der Waals surface area contributed by atoms with Crippen LogP contribution in [-0.2, 0) is 0 Å². The van der Waals surface area contributed by atoms with Gasteiger partial charge >= 0.3 is 0 Å². The summed E-state index contributed by atoms with van der Waals surface area (Å²) in [6, 6.07) is 59.7. The minimum atomic E-state index is -0.0405. The van der Waals surface area contributed by atoms with Crippen LogP contribution in [0.15, 0.2) is 184 Å². The lowest BCUT2D eigenvalue weighted by molar-refractivity contribution is 0.666. The van der Waals surface area contributed by atoms with E-state index < -0.39 is 0 Å². The minimum absolute atomic E-state index is 0.0405. The molecule has 0 saturated carbocycles. The Kier molecular flexibility index (Phi) is 6.59. The monoisotopic (exact) mass is 641 g/mol. The first-order valence-corrected chi connectivity index (χ1v) is 17.1. The molecule has 236 valence electrons. The Morgan fingerprint density at radius 2 is 1.22 bits per heavy atom. The Balaban J connectivity index is 1.17. The van der Waals surface area contributed by atoms with Crippen molar-refractivity contribution in [3.05, 3.63) is 187 Å². The molecule has 7 aromatic carbocycles. The van der Waals surface area contributed by atoms with Crippen LogP contribution in [-0.4, -0.2) is 16.1 Å². The smallest absolute Gasteiger partial charge is 0.159 e. The molecule has 0 saturated heterocycles. The highest BCUT2D eigenvalue weighted by atomic mass is 16.3. The predicted molar refractivity (Wildman–Crippen MR) is 207 cm³/mol. The van der Waals surface area contributed by atoms with E-state index in [-0.39, 0.29) is 6.04 Å². The van der Waals surface area contributed by atoms with Crippen LogP contribution in [0.3, 0.4) is 0 Å². The minimum Gasteiger partial charge on any atom is -0.454 e. The molecule has 0 radical (unpaired) electrons. The Bertz CT molecular complexity index is 2770. The molecule has 9 aromatic rings. The van der Waals surface area contributed by atoms with Crippen molar-refractivity contribution in [3.63, 3.8) is 0 Å². The Labute approximate surface area is 289 Å². The highest BCUT2D eigenvalue weighted by Gasteiger charge is 2.25. The van der Waals surface area contributed by atoms with E-state index in [9.17, 15) is 0 Å². The van der Waals surface area contributed by atoms with Crippen LogP contribution in [0.4, 0.5) is 0 Å². The Morgan fingerprint density at radius 3 is 2.04 bits per heavy atom. The van der Waals surface area contributed by atoms with Gasteiger partial charge in [0.15, 0.2) is 11.4 Å². The van der Waals surface area contributed by atoms with Crippen LogP contribution in [0.2, 0.25) is 0 Å². The number of para-hydroxylation sites is 2. The second-order valence-corrected chi connectivity index (χ2v) is 12.9. The number of benzene rings is 7. The van der Waals surface area contributed by atoms with Gasteiger partial charge in [-0.05, 0) is 47.0 Å². The van der Waals surface area contributed by atoms with Gasteiger partial charge in [0.05, 0.1) is 28.5 Å². The first-order chi connectivity index (χ1) is 24.8. The molecule has 4 heteroatoms. The zero-order valence-electron chi connectivity index (χ0n) is 27.2. The van der Waals surface area contributed by atoms with Gasteiger partial charge in [0, 0.05) is 39.1 Å². The number of fused-ring (bicyclic) bond motifs is 6. The third-order valence-corrected chi connectivity index (χ3v) is 9.96. The van der Waals surface area contributed by atoms with Crippen LogP contribution >= 0.6 is 0 Å². The molecule has 0 bridgehead atoms.